The molecule has 0 radical (unpaired) electrons. The molecule has 1 aliphatic rings. The molecule has 4 aromatic rings. The minimum absolute atomic E-state index is 0.0784. The van der Waals surface area contributed by atoms with Gasteiger partial charge < -0.3 is 20.6 Å². The number of sulfonamides is 1. The Morgan fingerprint density at radius 2 is 1.87 bits per heavy atom. The van der Waals surface area contributed by atoms with E-state index in [1.807, 2.05) is 65.6 Å². The van der Waals surface area contributed by atoms with E-state index in [0.29, 0.717) is 19.5 Å². The van der Waals surface area contributed by atoms with Gasteiger partial charge in [-0.3, -0.25) is 18.6 Å². The first-order valence-corrected chi connectivity index (χ1v) is 18.4. The highest BCUT2D eigenvalue weighted by atomic mass is 32.2. The summed E-state index contributed by atoms with van der Waals surface area (Å²) in [5.74, 6) is -0.793. The van der Waals surface area contributed by atoms with E-state index in [-0.39, 0.29) is 35.3 Å². The second-order valence-electron chi connectivity index (χ2n) is 11.8. The summed E-state index contributed by atoms with van der Waals surface area (Å²) in [6.07, 6.45) is 5.85. The van der Waals surface area contributed by atoms with Gasteiger partial charge in [0.25, 0.3) is 11.8 Å². The Morgan fingerprint density at radius 1 is 1.11 bits per heavy atom. The molecule has 13 heteroatoms. The second-order valence-corrected chi connectivity index (χ2v) is 14.8. The Labute approximate surface area is 280 Å². The molecule has 47 heavy (non-hydrogen) atoms. The lowest BCUT2D eigenvalue weighted by Gasteiger charge is -2.27. The smallest absolute Gasteiger partial charge is 0.254 e. The van der Waals surface area contributed by atoms with E-state index < -0.39 is 28.1 Å². The van der Waals surface area contributed by atoms with Gasteiger partial charge in [0.05, 0.1) is 36.3 Å². The van der Waals surface area contributed by atoms with Crippen LogP contribution in [0, 0.1) is 0 Å². The molecule has 0 aliphatic carbocycles. The molecule has 1 unspecified atom stereocenters. The fraction of sp³-hybridized carbons (Fsp3) is 0.382. The van der Waals surface area contributed by atoms with Crippen LogP contribution in [-0.2, 0) is 29.5 Å². The molecule has 0 bridgehead atoms. The average Bonchev–Trinajstić information content (AvgIpc) is 3.86. The van der Waals surface area contributed by atoms with E-state index >= 15 is 0 Å². The number of nitrogens with one attached hydrogen (secondary N) is 2. The van der Waals surface area contributed by atoms with Gasteiger partial charge in [-0.2, -0.15) is 5.10 Å². The molecule has 250 valence electrons. The zero-order valence-electron chi connectivity index (χ0n) is 26.9. The Hall–Kier alpha value is -4.04. The number of aryl methyl sites for hydroxylation is 1. The van der Waals surface area contributed by atoms with Crippen molar-refractivity contribution in [3.63, 3.8) is 0 Å². The summed E-state index contributed by atoms with van der Waals surface area (Å²) in [6.45, 7) is 4.03. The monoisotopic (exact) mass is 678 g/mol. The Morgan fingerprint density at radius 3 is 2.55 bits per heavy atom. The number of rotatable bonds is 14. The highest BCUT2D eigenvalue weighted by molar-refractivity contribution is 7.92. The zero-order valence-corrected chi connectivity index (χ0v) is 28.5. The number of hydrogen-bond donors (Lipinski definition) is 3. The van der Waals surface area contributed by atoms with Crippen molar-refractivity contribution >= 4 is 38.9 Å². The minimum Gasteiger partial charge on any atom is -0.390 e. The first-order chi connectivity index (χ1) is 22.5. The number of carbonyl (C=O) groups excluding carboxylic acids is 2. The van der Waals surface area contributed by atoms with Crippen molar-refractivity contribution in [2.45, 2.75) is 57.5 Å². The number of aromatic nitrogens is 2. The van der Waals surface area contributed by atoms with E-state index in [9.17, 15) is 23.1 Å². The van der Waals surface area contributed by atoms with Crippen LogP contribution >= 0.6 is 11.3 Å². The van der Waals surface area contributed by atoms with Crippen molar-refractivity contribution < 1.29 is 23.1 Å². The predicted octanol–water partition coefficient (Wildman–Crippen LogP) is 3.83. The summed E-state index contributed by atoms with van der Waals surface area (Å²) < 4.78 is 28.0. The van der Waals surface area contributed by atoms with Crippen LogP contribution in [0.2, 0.25) is 0 Å². The standard InChI is InChI=1S/C34H42N6O5S2/c1-4-39-23-25(21-36-39)20-35-22-31(41)29(16-24-10-6-5-7-11-24)37-33(42)26-17-27(19-28(18-26)38(2)47(3,44)45)34(43)40-14-8-12-30(40)32-13-9-15-46-32/h5-7,9-11,13,15,17-19,21,23,29-31,35,41H,4,8,12,14,16,20,22H2,1-3H3,(H,37,42)/t29-,30?,31+/m0/s1. The lowest BCUT2D eigenvalue weighted by molar-refractivity contribution is 0.0737. The molecule has 2 amide bonds. The third-order valence-electron chi connectivity index (χ3n) is 8.45. The molecule has 3 heterocycles. The highest BCUT2D eigenvalue weighted by Crippen LogP contribution is 2.36. The quantitative estimate of drug-likeness (QED) is 0.185. The van der Waals surface area contributed by atoms with Crippen molar-refractivity contribution in [3.05, 3.63) is 106 Å². The molecule has 3 N–H and O–H groups in total. The Kier molecular flexibility index (Phi) is 11.1. The number of thiophene rings is 1. The van der Waals surface area contributed by atoms with Gasteiger partial charge in [-0.05, 0) is 61.4 Å². The van der Waals surface area contributed by atoms with E-state index in [4.69, 9.17) is 0 Å². The molecular weight excluding hydrogens is 637 g/mol. The molecular formula is C34H42N6O5S2. The molecule has 1 aliphatic heterocycles. The molecule has 1 saturated heterocycles. The number of benzene rings is 2. The number of hydrogen-bond acceptors (Lipinski definition) is 8. The zero-order chi connectivity index (χ0) is 33.6. The van der Waals surface area contributed by atoms with Gasteiger partial charge in [0, 0.05) is 61.0 Å². The van der Waals surface area contributed by atoms with Crippen LogP contribution < -0.4 is 14.9 Å². The van der Waals surface area contributed by atoms with Crippen LogP contribution in [-0.4, -0.2) is 78.6 Å². The van der Waals surface area contributed by atoms with E-state index in [2.05, 4.69) is 15.7 Å². The molecule has 11 nitrogen and oxygen atoms in total. The summed E-state index contributed by atoms with van der Waals surface area (Å²) in [7, 11) is -2.30. The fourth-order valence-electron chi connectivity index (χ4n) is 5.77. The fourth-order valence-corrected chi connectivity index (χ4v) is 7.13. The van der Waals surface area contributed by atoms with Crippen molar-refractivity contribution in [1.29, 1.82) is 0 Å². The average molecular weight is 679 g/mol. The van der Waals surface area contributed by atoms with Crippen LogP contribution in [0.4, 0.5) is 5.69 Å². The van der Waals surface area contributed by atoms with Gasteiger partial charge in [-0.15, -0.1) is 11.3 Å². The number of nitrogens with zero attached hydrogens (tertiary/aromatic N) is 4. The maximum Gasteiger partial charge on any atom is 0.254 e. The second kappa shape index (κ2) is 15.2. The van der Waals surface area contributed by atoms with Crippen molar-refractivity contribution in [3.8, 4) is 0 Å². The SMILES string of the molecule is CCn1cc(CNC[C@@H](O)[C@H](Cc2ccccc2)NC(=O)c2cc(C(=O)N3CCCC3c3cccs3)cc(N(C)S(C)(=O)=O)c2)cn1. The summed E-state index contributed by atoms with van der Waals surface area (Å²) in [4.78, 5) is 30.7. The first kappa shape index (κ1) is 34.3. The molecule has 1 fully saturated rings. The van der Waals surface area contributed by atoms with Crippen molar-refractivity contribution in [1.82, 2.24) is 25.3 Å². The van der Waals surface area contributed by atoms with Crippen LogP contribution in [0.1, 0.15) is 62.5 Å². The number of anilines is 1. The topological polar surface area (TPSA) is 137 Å². The normalized spacial score (nSPS) is 16.2. The lowest BCUT2D eigenvalue weighted by Crippen LogP contribution is -2.48. The number of aliphatic hydroxyl groups excluding tert-OH is 1. The van der Waals surface area contributed by atoms with Crippen LogP contribution in [0.15, 0.2) is 78.4 Å². The summed E-state index contributed by atoms with van der Waals surface area (Å²) in [5, 5.41) is 23.8. The van der Waals surface area contributed by atoms with Gasteiger partial charge >= 0.3 is 0 Å². The number of likely N-dealkylation sites (tertiary alicyclic amines) is 1. The summed E-state index contributed by atoms with van der Waals surface area (Å²) in [6, 6.07) is 17.2. The molecule has 5 rings (SSSR count). The predicted molar refractivity (Wildman–Crippen MR) is 184 cm³/mol. The Balaban J connectivity index is 1.40. The third kappa shape index (κ3) is 8.66. The van der Waals surface area contributed by atoms with Gasteiger partial charge in [0.15, 0.2) is 0 Å². The Bertz CT molecular complexity index is 1760. The molecule has 0 saturated carbocycles. The maximum absolute atomic E-state index is 14.0. The van der Waals surface area contributed by atoms with Crippen LogP contribution in [0.5, 0.6) is 0 Å². The van der Waals surface area contributed by atoms with Gasteiger partial charge in [0.1, 0.15) is 0 Å². The van der Waals surface area contributed by atoms with Gasteiger partial charge in [-0.25, -0.2) is 8.42 Å². The van der Waals surface area contributed by atoms with Crippen LogP contribution in [0.3, 0.4) is 0 Å². The molecule has 2 aromatic heterocycles. The summed E-state index contributed by atoms with van der Waals surface area (Å²) >= 11 is 1.59. The van der Waals surface area contributed by atoms with E-state index in [1.54, 1.807) is 22.4 Å². The number of carbonyl (C=O) groups is 2. The highest BCUT2D eigenvalue weighted by Gasteiger charge is 2.32. The maximum atomic E-state index is 14.0. The van der Waals surface area contributed by atoms with Crippen molar-refractivity contribution in [2.24, 2.45) is 0 Å². The summed E-state index contributed by atoms with van der Waals surface area (Å²) in [5.41, 5.74) is 2.45. The minimum atomic E-state index is -3.69. The van der Waals surface area contributed by atoms with E-state index in [0.717, 1.165) is 46.0 Å². The van der Waals surface area contributed by atoms with Gasteiger partial charge in [-0.1, -0.05) is 36.4 Å². The molecule has 2 aromatic carbocycles. The first-order valence-electron chi connectivity index (χ1n) is 15.7. The van der Waals surface area contributed by atoms with E-state index in [1.165, 1.54) is 25.2 Å². The van der Waals surface area contributed by atoms with Gasteiger partial charge in [0.2, 0.25) is 10.0 Å². The largest absolute Gasteiger partial charge is 0.390 e. The number of aliphatic hydroxyl groups is 1. The van der Waals surface area contributed by atoms with Crippen molar-refractivity contribution in [2.75, 3.05) is 30.7 Å². The molecule has 3 atom stereocenters. The third-order valence-corrected chi connectivity index (χ3v) is 10.6. The molecule has 0 spiro atoms. The van der Waals surface area contributed by atoms with Crippen LogP contribution in [0.25, 0.3) is 0 Å². The number of amides is 2. The lowest BCUT2D eigenvalue weighted by atomic mass is 10.00.